The van der Waals surface area contributed by atoms with Crippen LogP contribution in [0.2, 0.25) is 0 Å². The molecule has 0 aliphatic rings. The molecular formula is C14H21FN2O2. The van der Waals surface area contributed by atoms with Crippen molar-refractivity contribution < 1.29 is 13.9 Å². The van der Waals surface area contributed by atoms with Gasteiger partial charge < -0.3 is 15.8 Å². The first-order valence-corrected chi connectivity index (χ1v) is 6.24. The highest BCUT2D eigenvalue weighted by Crippen LogP contribution is 2.08. The first-order valence-electron chi connectivity index (χ1n) is 6.24. The van der Waals surface area contributed by atoms with Gasteiger partial charge in [0.1, 0.15) is 11.4 Å². The van der Waals surface area contributed by atoms with Crippen LogP contribution in [-0.4, -0.2) is 24.3 Å². The summed E-state index contributed by atoms with van der Waals surface area (Å²) in [5.41, 5.74) is 5.99. The van der Waals surface area contributed by atoms with Crippen LogP contribution in [0.4, 0.5) is 9.18 Å². The van der Waals surface area contributed by atoms with Gasteiger partial charge in [-0.2, -0.15) is 0 Å². The molecule has 0 bridgehead atoms. The fourth-order valence-electron chi connectivity index (χ4n) is 1.57. The Morgan fingerprint density at radius 3 is 2.42 bits per heavy atom. The number of halogens is 1. The number of carbonyl (C=O) groups is 1. The Bertz CT molecular complexity index is 412. The smallest absolute Gasteiger partial charge is 0.407 e. The van der Waals surface area contributed by atoms with Crippen molar-refractivity contribution in [1.82, 2.24) is 5.32 Å². The Morgan fingerprint density at radius 1 is 1.37 bits per heavy atom. The zero-order valence-corrected chi connectivity index (χ0v) is 11.6. The molecule has 19 heavy (non-hydrogen) atoms. The summed E-state index contributed by atoms with van der Waals surface area (Å²) in [5.74, 6) is -0.284. The second kappa shape index (κ2) is 6.52. The molecule has 1 rings (SSSR count). The third kappa shape index (κ3) is 6.20. The largest absolute Gasteiger partial charge is 0.444 e. The minimum absolute atomic E-state index is 0.236. The Hall–Kier alpha value is -1.62. The highest BCUT2D eigenvalue weighted by atomic mass is 19.1. The van der Waals surface area contributed by atoms with E-state index in [4.69, 9.17) is 10.5 Å². The predicted octanol–water partition coefficient (Wildman–Crippen LogP) is 2.22. The van der Waals surface area contributed by atoms with Crippen molar-refractivity contribution in [1.29, 1.82) is 0 Å². The average Bonchev–Trinajstić information content (AvgIpc) is 2.28. The normalized spacial score (nSPS) is 12.9. The fourth-order valence-corrected chi connectivity index (χ4v) is 1.57. The van der Waals surface area contributed by atoms with Crippen LogP contribution < -0.4 is 11.1 Å². The summed E-state index contributed by atoms with van der Waals surface area (Å²) in [4.78, 5) is 11.6. The van der Waals surface area contributed by atoms with Crippen LogP contribution in [0.25, 0.3) is 0 Å². The van der Waals surface area contributed by atoms with Crippen LogP contribution in [0.3, 0.4) is 0 Å². The zero-order valence-electron chi connectivity index (χ0n) is 11.6. The van der Waals surface area contributed by atoms with Crippen LogP contribution in [0.15, 0.2) is 24.3 Å². The number of hydrogen-bond acceptors (Lipinski definition) is 3. The maximum absolute atomic E-state index is 12.8. The van der Waals surface area contributed by atoms with Gasteiger partial charge in [-0.05, 0) is 44.9 Å². The van der Waals surface area contributed by atoms with Gasteiger partial charge in [0.2, 0.25) is 0 Å². The zero-order chi connectivity index (χ0) is 14.5. The van der Waals surface area contributed by atoms with E-state index in [1.54, 1.807) is 32.9 Å². The molecule has 3 N–H and O–H groups in total. The summed E-state index contributed by atoms with van der Waals surface area (Å²) in [5, 5.41) is 2.71. The second-order valence-electron chi connectivity index (χ2n) is 5.41. The molecule has 1 aromatic carbocycles. The molecule has 4 nitrogen and oxygen atoms in total. The molecule has 1 amide bonds. The minimum Gasteiger partial charge on any atom is -0.444 e. The quantitative estimate of drug-likeness (QED) is 0.880. The van der Waals surface area contributed by atoms with Crippen molar-refractivity contribution in [3.63, 3.8) is 0 Å². The molecule has 1 unspecified atom stereocenters. The van der Waals surface area contributed by atoms with Gasteiger partial charge in [-0.15, -0.1) is 0 Å². The van der Waals surface area contributed by atoms with E-state index in [2.05, 4.69) is 5.32 Å². The summed E-state index contributed by atoms with van der Waals surface area (Å²) in [7, 11) is 0. The third-order valence-corrected chi connectivity index (χ3v) is 2.40. The number of nitrogens with two attached hydrogens (primary N) is 1. The van der Waals surface area contributed by atoms with E-state index in [-0.39, 0.29) is 18.4 Å². The van der Waals surface area contributed by atoms with Crippen molar-refractivity contribution in [2.45, 2.75) is 38.8 Å². The van der Waals surface area contributed by atoms with Crippen molar-refractivity contribution >= 4 is 6.09 Å². The molecule has 0 aliphatic carbocycles. The van der Waals surface area contributed by atoms with E-state index in [9.17, 15) is 9.18 Å². The number of alkyl carbamates (subject to hydrolysis) is 1. The van der Waals surface area contributed by atoms with Gasteiger partial charge in [-0.25, -0.2) is 9.18 Å². The number of hydrogen-bond donors (Lipinski definition) is 2. The van der Waals surface area contributed by atoms with Gasteiger partial charge in [0.15, 0.2) is 0 Å². The third-order valence-electron chi connectivity index (χ3n) is 2.40. The van der Waals surface area contributed by atoms with Gasteiger partial charge in [-0.3, -0.25) is 0 Å². The Morgan fingerprint density at radius 2 is 1.95 bits per heavy atom. The first kappa shape index (κ1) is 15.4. The van der Waals surface area contributed by atoms with Crippen molar-refractivity contribution in [2.75, 3.05) is 6.54 Å². The SMILES string of the molecule is CC(C)(C)OC(=O)NC(CN)Cc1ccc(F)cc1. The Labute approximate surface area is 113 Å². The van der Waals surface area contributed by atoms with Gasteiger partial charge in [0.05, 0.1) is 0 Å². The van der Waals surface area contributed by atoms with Gasteiger partial charge in [0, 0.05) is 12.6 Å². The van der Waals surface area contributed by atoms with Crippen LogP contribution in [0, 0.1) is 5.82 Å². The lowest BCUT2D eigenvalue weighted by atomic mass is 10.1. The maximum Gasteiger partial charge on any atom is 0.407 e. The monoisotopic (exact) mass is 268 g/mol. The highest BCUT2D eigenvalue weighted by molar-refractivity contribution is 5.68. The van der Waals surface area contributed by atoms with E-state index in [1.165, 1.54) is 12.1 Å². The number of benzene rings is 1. The molecular weight excluding hydrogens is 247 g/mol. The van der Waals surface area contributed by atoms with Gasteiger partial charge >= 0.3 is 6.09 Å². The molecule has 1 aromatic rings. The molecule has 0 aliphatic heterocycles. The number of carbonyl (C=O) groups excluding carboxylic acids is 1. The summed E-state index contributed by atoms with van der Waals surface area (Å²) < 4.78 is 17.9. The van der Waals surface area contributed by atoms with E-state index >= 15 is 0 Å². The molecule has 0 saturated carbocycles. The minimum atomic E-state index is -0.543. The lowest BCUT2D eigenvalue weighted by Crippen LogP contribution is -2.44. The number of rotatable bonds is 4. The maximum atomic E-state index is 12.8. The fraction of sp³-hybridized carbons (Fsp3) is 0.500. The van der Waals surface area contributed by atoms with E-state index in [1.807, 2.05) is 0 Å². The van der Waals surface area contributed by atoms with Gasteiger partial charge in [-0.1, -0.05) is 12.1 Å². The predicted molar refractivity (Wildman–Crippen MR) is 72.3 cm³/mol. The standard InChI is InChI=1S/C14H21FN2O2/c1-14(2,3)19-13(18)17-12(9-16)8-10-4-6-11(15)7-5-10/h4-7,12H,8-9,16H2,1-3H3,(H,17,18). The summed E-state index contributed by atoms with van der Waals surface area (Å²) in [6, 6.07) is 5.89. The summed E-state index contributed by atoms with van der Waals surface area (Å²) in [6.07, 6.45) is 0.0424. The number of nitrogens with one attached hydrogen (secondary N) is 1. The molecule has 0 spiro atoms. The highest BCUT2D eigenvalue weighted by Gasteiger charge is 2.19. The molecule has 0 aromatic heterocycles. The molecule has 0 fully saturated rings. The Kier molecular flexibility index (Phi) is 5.30. The molecule has 0 heterocycles. The Balaban J connectivity index is 2.54. The second-order valence-corrected chi connectivity index (χ2v) is 5.41. The van der Waals surface area contributed by atoms with Crippen molar-refractivity contribution in [3.05, 3.63) is 35.6 Å². The van der Waals surface area contributed by atoms with Crippen LogP contribution >= 0.6 is 0 Å². The van der Waals surface area contributed by atoms with Crippen molar-refractivity contribution in [3.8, 4) is 0 Å². The first-order chi connectivity index (χ1) is 8.80. The van der Waals surface area contributed by atoms with Crippen LogP contribution in [-0.2, 0) is 11.2 Å². The summed E-state index contributed by atoms with van der Waals surface area (Å²) in [6.45, 7) is 5.68. The number of amides is 1. The average molecular weight is 268 g/mol. The van der Waals surface area contributed by atoms with E-state index in [0.717, 1.165) is 5.56 Å². The molecule has 0 radical (unpaired) electrons. The molecule has 1 atom stereocenters. The van der Waals surface area contributed by atoms with E-state index < -0.39 is 11.7 Å². The van der Waals surface area contributed by atoms with Crippen molar-refractivity contribution in [2.24, 2.45) is 5.73 Å². The summed E-state index contributed by atoms with van der Waals surface area (Å²) >= 11 is 0. The molecule has 106 valence electrons. The number of ether oxygens (including phenoxy) is 1. The molecule has 0 saturated heterocycles. The van der Waals surface area contributed by atoms with Crippen LogP contribution in [0.1, 0.15) is 26.3 Å². The van der Waals surface area contributed by atoms with Gasteiger partial charge in [0.25, 0.3) is 0 Å². The lowest BCUT2D eigenvalue weighted by molar-refractivity contribution is 0.0506. The lowest BCUT2D eigenvalue weighted by Gasteiger charge is -2.23. The topological polar surface area (TPSA) is 64.3 Å². The van der Waals surface area contributed by atoms with E-state index in [0.29, 0.717) is 6.42 Å². The van der Waals surface area contributed by atoms with Crippen LogP contribution in [0.5, 0.6) is 0 Å². The molecule has 5 heteroatoms.